The highest BCUT2D eigenvalue weighted by atomic mass is 16.5. The summed E-state index contributed by atoms with van der Waals surface area (Å²) in [6.07, 6.45) is 3.23. The fourth-order valence-electron chi connectivity index (χ4n) is 2.29. The van der Waals surface area contributed by atoms with Crippen molar-refractivity contribution in [1.29, 1.82) is 0 Å². The van der Waals surface area contributed by atoms with Gasteiger partial charge in [-0.05, 0) is 62.3 Å². The summed E-state index contributed by atoms with van der Waals surface area (Å²) in [4.78, 5) is 0. The summed E-state index contributed by atoms with van der Waals surface area (Å²) in [6.45, 7) is 6.40. The summed E-state index contributed by atoms with van der Waals surface area (Å²) in [5.74, 6) is 1.04. The molecule has 1 aliphatic carbocycles. The molecular weight excluding hydrogens is 198 g/mol. The lowest BCUT2D eigenvalue weighted by Crippen LogP contribution is -2.25. The summed E-state index contributed by atoms with van der Waals surface area (Å²) in [5, 5.41) is 0. The van der Waals surface area contributed by atoms with Crippen molar-refractivity contribution in [3.05, 3.63) is 28.3 Å². The molecule has 2 rings (SSSR count). The molecule has 1 saturated carbocycles. The molecule has 0 radical (unpaired) electrons. The van der Waals surface area contributed by atoms with E-state index in [-0.39, 0.29) is 5.54 Å². The van der Waals surface area contributed by atoms with Crippen LogP contribution in [-0.2, 0) is 6.42 Å². The molecule has 0 unspecified atom stereocenters. The van der Waals surface area contributed by atoms with E-state index in [0.717, 1.165) is 25.0 Å². The third-order valence-electron chi connectivity index (χ3n) is 3.74. The van der Waals surface area contributed by atoms with Crippen LogP contribution in [0.25, 0.3) is 0 Å². The number of hydrogen-bond acceptors (Lipinski definition) is 2. The Bertz CT molecular complexity index is 419. The van der Waals surface area contributed by atoms with E-state index >= 15 is 0 Å². The van der Waals surface area contributed by atoms with Gasteiger partial charge in [0.1, 0.15) is 5.75 Å². The van der Waals surface area contributed by atoms with Crippen molar-refractivity contribution in [3.8, 4) is 5.75 Å². The largest absolute Gasteiger partial charge is 0.496 e. The van der Waals surface area contributed by atoms with Crippen LogP contribution in [0.5, 0.6) is 5.75 Å². The topological polar surface area (TPSA) is 35.2 Å². The van der Waals surface area contributed by atoms with Crippen molar-refractivity contribution in [2.24, 2.45) is 5.73 Å². The second-order valence-electron chi connectivity index (χ2n) is 5.19. The van der Waals surface area contributed by atoms with Gasteiger partial charge >= 0.3 is 0 Å². The van der Waals surface area contributed by atoms with Gasteiger partial charge in [-0.2, -0.15) is 0 Å². The molecular formula is C14H21NO. The third kappa shape index (κ3) is 1.94. The average molecular weight is 219 g/mol. The molecule has 0 aromatic heterocycles. The maximum absolute atomic E-state index is 6.20. The second-order valence-corrected chi connectivity index (χ2v) is 5.19. The van der Waals surface area contributed by atoms with Crippen molar-refractivity contribution in [3.63, 3.8) is 0 Å². The highest BCUT2D eigenvalue weighted by Gasteiger charge is 2.39. The summed E-state index contributed by atoms with van der Waals surface area (Å²) >= 11 is 0. The Morgan fingerprint density at radius 1 is 1.25 bits per heavy atom. The van der Waals surface area contributed by atoms with Gasteiger partial charge in [-0.15, -0.1) is 0 Å². The van der Waals surface area contributed by atoms with E-state index in [1.54, 1.807) is 7.11 Å². The molecule has 0 atom stereocenters. The number of ether oxygens (including phenoxy) is 1. The summed E-state index contributed by atoms with van der Waals surface area (Å²) < 4.78 is 5.56. The predicted octanol–water partition coefficient (Wildman–Crippen LogP) is 2.65. The number of rotatable bonds is 3. The molecule has 0 aliphatic heterocycles. The Labute approximate surface area is 97.8 Å². The molecule has 2 N–H and O–H groups in total. The Morgan fingerprint density at radius 3 is 2.38 bits per heavy atom. The molecule has 1 aromatic rings. The van der Waals surface area contributed by atoms with Gasteiger partial charge < -0.3 is 10.5 Å². The van der Waals surface area contributed by atoms with Crippen LogP contribution >= 0.6 is 0 Å². The zero-order valence-electron chi connectivity index (χ0n) is 10.7. The first-order valence-corrected chi connectivity index (χ1v) is 5.89. The van der Waals surface area contributed by atoms with Crippen LogP contribution in [0.2, 0.25) is 0 Å². The predicted molar refractivity (Wildman–Crippen MR) is 67.1 cm³/mol. The van der Waals surface area contributed by atoms with Crippen LogP contribution in [0.4, 0.5) is 0 Å². The normalized spacial score (nSPS) is 17.3. The minimum absolute atomic E-state index is 0.0414. The lowest BCUT2D eigenvalue weighted by molar-refractivity contribution is 0.403. The number of benzene rings is 1. The van der Waals surface area contributed by atoms with Gasteiger partial charge in [-0.25, -0.2) is 0 Å². The van der Waals surface area contributed by atoms with Crippen molar-refractivity contribution in [2.75, 3.05) is 7.11 Å². The number of aryl methyl sites for hydroxylation is 2. The van der Waals surface area contributed by atoms with E-state index in [0.29, 0.717) is 0 Å². The molecule has 1 aliphatic rings. The van der Waals surface area contributed by atoms with Crippen molar-refractivity contribution >= 4 is 0 Å². The Hall–Kier alpha value is -1.02. The molecule has 0 amide bonds. The van der Waals surface area contributed by atoms with E-state index in [9.17, 15) is 0 Å². The van der Waals surface area contributed by atoms with Crippen molar-refractivity contribution in [2.45, 2.75) is 45.6 Å². The second kappa shape index (κ2) is 3.77. The minimum atomic E-state index is 0.0414. The van der Waals surface area contributed by atoms with Gasteiger partial charge in [0.2, 0.25) is 0 Å². The van der Waals surface area contributed by atoms with Gasteiger partial charge in [-0.3, -0.25) is 0 Å². The third-order valence-corrected chi connectivity index (χ3v) is 3.74. The van der Waals surface area contributed by atoms with E-state index in [4.69, 9.17) is 10.5 Å². The quantitative estimate of drug-likeness (QED) is 0.848. The molecule has 0 saturated heterocycles. The zero-order chi connectivity index (χ0) is 11.9. The van der Waals surface area contributed by atoms with Crippen LogP contribution < -0.4 is 10.5 Å². The maximum Gasteiger partial charge on any atom is 0.125 e. The highest BCUT2D eigenvalue weighted by molar-refractivity contribution is 5.50. The van der Waals surface area contributed by atoms with Crippen molar-refractivity contribution in [1.82, 2.24) is 0 Å². The Balaban J connectivity index is 2.45. The minimum Gasteiger partial charge on any atom is -0.496 e. The molecule has 88 valence electrons. The Morgan fingerprint density at radius 2 is 1.88 bits per heavy atom. The van der Waals surface area contributed by atoms with Gasteiger partial charge in [0.15, 0.2) is 0 Å². The highest BCUT2D eigenvalue weighted by Crippen LogP contribution is 2.40. The SMILES string of the molecule is COc1c(C)c(C)cc(C)c1CC1(N)CC1. The standard InChI is InChI=1S/C14H21NO/c1-9-7-10(2)12(8-14(15)5-6-14)13(16-4)11(9)3/h7H,5-6,8,15H2,1-4H3. The van der Waals surface area contributed by atoms with E-state index in [1.807, 2.05) is 0 Å². The summed E-state index contributed by atoms with van der Waals surface area (Å²) in [6, 6.07) is 2.24. The lowest BCUT2D eigenvalue weighted by atomic mass is 9.94. The molecule has 2 nitrogen and oxygen atoms in total. The Kier molecular flexibility index (Phi) is 2.70. The molecule has 2 heteroatoms. The first kappa shape index (κ1) is 11.5. The maximum atomic E-state index is 6.20. The van der Waals surface area contributed by atoms with Gasteiger partial charge in [-0.1, -0.05) is 6.07 Å². The van der Waals surface area contributed by atoms with Gasteiger partial charge in [0.25, 0.3) is 0 Å². The number of hydrogen-bond donors (Lipinski definition) is 1. The van der Waals surface area contributed by atoms with E-state index in [2.05, 4.69) is 26.8 Å². The van der Waals surface area contributed by atoms with Gasteiger partial charge in [0.05, 0.1) is 7.11 Å². The van der Waals surface area contributed by atoms with E-state index in [1.165, 1.54) is 22.3 Å². The van der Waals surface area contributed by atoms with Crippen LogP contribution in [0.3, 0.4) is 0 Å². The fourth-order valence-corrected chi connectivity index (χ4v) is 2.29. The molecule has 0 heterocycles. The first-order valence-electron chi connectivity index (χ1n) is 5.89. The van der Waals surface area contributed by atoms with E-state index < -0.39 is 0 Å². The molecule has 0 bridgehead atoms. The van der Waals surface area contributed by atoms with Crippen LogP contribution in [0, 0.1) is 20.8 Å². The smallest absolute Gasteiger partial charge is 0.125 e. The first-order chi connectivity index (χ1) is 7.47. The molecule has 1 aromatic carbocycles. The van der Waals surface area contributed by atoms with Crippen molar-refractivity contribution < 1.29 is 4.74 Å². The lowest BCUT2D eigenvalue weighted by Gasteiger charge is -2.19. The monoisotopic (exact) mass is 219 g/mol. The summed E-state index contributed by atoms with van der Waals surface area (Å²) in [5.41, 5.74) is 11.4. The summed E-state index contributed by atoms with van der Waals surface area (Å²) in [7, 11) is 1.75. The average Bonchev–Trinajstić information content (AvgIpc) is 2.94. The number of methoxy groups -OCH3 is 1. The fraction of sp³-hybridized carbons (Fsp3) is 0.571. The van der Waals surface area contributed by atoms with Crippen LogP contribution in [-0.4, -0.2) is 12.6 Å². The number of nitrogens with two attached hydrogens (primary N) is 1. The van der Waals surface area contributed by atoms with Crippen LogP contribution in [0.15, 0.2) is 6.07 Å². The molecule has 1 fully saturated rings. The zero-order valence-corrected chi connectivity index (χ0v) is 10.7. The molecule has 0 spiro atoms. The van der Waals surface area contributed by atoms with Crippen LogP contribution in [0.1, 0.15) is 35.1 Å². The molecule has 16 heavy (non-hydrogen) atoms. The van der Waals surface area contributed by atoms with Gasteiger partial charge in [0, 0.05) is 5.54 Å².